The second kappa shape index (κ2) is 6.92. The third-order valence-electron chi connectivity index (χ3n) is 3.59. The molecule has 4 heteroatoms. The summed E-state index contributed by atoms with van der Waals surface area (Å²) in [6.45, 7) is 2.06. The predicted octanol–water partition coefficient (Wildman–Crippen LogP) is 4.09. The number of carbonyl (C=O) groups is 1. The fourth-order valence-corrected chi connectivity index (χ4v) is 2.41. The van der Waals surface area contributed by atoms with Gasteiger partial charge in [0.05, 0.1) is 12.1 Å². The molecule has 0 spiro atoms. The molecule has 1 heterocycles. The van der Waals surface area contributed by atoms with Crippen molar-refractivity contribution in [1.82, 2.24) is 4.98 Å². The van der Waals surface area contributed by atoms with Gasteiger partial charge >= 0.3 is 0 Å². The predicted molar refractivity (Wildman–Crippen MR) is 90.1 cm³/mol. The fraction of sp³-hybridized carbons (Fsp3) is 0.158. The summed E-state index contributed by atoms with van der Waals surface area (Å²) in [4.78, 5) is 16.6. The minimum absolute atomic E-state index is 0.0983. The highest BCUT2D eigenvalue weighted by Crippen LogP contribution is 2.19. The molecule has 4 nitrogen and oxygen atoms in total. The highest BCUT2D eigenvalue weighted by molar-refractivity contribution is 5.92. The molecule has 0 aliphatic rings. The number of anilines is 1. The summed E-state index contributed by atoms with van der Waals surface area (Å²) < 4.78 is 5.46. The average Bonchev–Trinajstić information content (AvgIpc) is 3.04. The van der Waals surface area contributed by atoms with E-state index in [4.69, 9.17) is 4.42 Å². The van der Waals surface area contributed by atoms with Crippen molar-refractivity contribution in [3.8, 4) is 11.5 Å². The highest BCUT2D eigenvalue weighted by Gasteiger charge is 2.11. The molecule has 0 aliphatic heterocycles. The smallest absolute Gasteiger partial charge is 0.230 e. The molecule has 23 heavy (non-hydrogen) atoms. The van der Waals surface area contributed by atoms with Gasteiger partial charge in [-0.25, -0.2) is 4.98 Å². The van der Waals surface area contributed by atoms with Gasteiger partial charge in [0.1, 0.15) is 6.26 Å². The Bertz CT molecular complexity index is 794. The molecule has 0 saturated heterocycles. The Morgan fingerprint density at radius 2 is 1.83 bits per heavy atom. The number of oxazole rings is 1. The number of para-hydroxylation sites is 1. The second-order valence-electron chi connectivity index (χ2n) is 5.25. The van der Waals surface area contributed by atoms with Gasteiger partial charge in [-0.05, 0) is 30.2 Å². The topological polar surface area (TPSA) is 55.1 Å². The van der Waals surface area contributed by atoms with E-state index in [2.05, 4.69) is 17.2 Å². The zero-order valence-corrected chi connectivity index (χ0v) is 13.0. The molecular weight excluding hydrogens is 288 g/mol. The first-order valence-corrected chi connectivity index (χ1v) is 7.64. The van der Waals surface area contributed by atoms with Gasteiger partial charge < -0.3 is 9.73 Å². The van der Waals surface area contributed by atoms with Crippen molar-refractivity contribution >= 4 is 11.6 Å². The number of nitrogens with one attached hydrogen (secondary N) is 1. The maximum atomic E-state index is 12.2. The van der Waals surface area contributed by atoms with Crippen LogP contribution in [0.15, 0.2) is 65.3 Å². The van der Waals surface area contributed by atoms with Crippen LogP contribution >= 0.6 is 0 Å². The Hall–Kier alpha value is -2.88. The highest BCUT2D eigenvalue weighted by atomic mass is 16.3. The molecule has 0 atom stereocenters. The van der Waals surface area contributed by atoms with E-state index >= 15 is 0 Å². The van der Waals surface area contributed by atoms with Crippen LogP contribution in [0.25, 0.3) is 11.5 Å². The van der Waals surface area contributed by atoms with Gasteiger partial charge in [-0.15, -0.1) is 0 Å². The van der Waals surface area contributed by atoms with E-state index in [9.17, 15) is 4.79 Å². The Morgan fingerprint density at radius 3 is 2.61 bits per heavy atom. The summed E-state index contributed by atoms with van der Waals surface area (Å²) >= 11 is 0. The molecule has 0 unspecified atom stereocenters. The van der Waals surface area contributed by atoms with Crippen LogP contribution in [0.3, 0.4) is 0 Å². The number of amides is 1. The van der Waals surface area contributed by atoms with Crippen LogP contribution in [0.5, 0.6) is 0 Å². The lowest BCUT2D eigenvalue weighted by Gasteiger charge is -2.08. The number of aryl methyl sites for hydroxylation is 1. The average molecular weight is 306 g/mol. The van der Waals surface area contributed by atoms with Crippen LogP contribution < -0.4 is 5.32 Å². The number of nitrogens with zero attached hydrogens (tertiary/aromatic N) is 1. The lowest BCUT2D eigenvalue weighted by atomic mass is 10.1. The first kappa shape index (κ1) is 15.0. The summed E-state index contributed by atoms with van der Waals surface area (Å²) in [6.07, 6.45) is 2.60. The number of hydrogen-bond donors (Lipinski definition) is 1. The summed E-state index contributed by atoms with van der Waals surface area (Å²) in [6, 6.07) is 17.4. The molecular formula is C19H18N2O2. The molecule has 0 radical (unpaired) electrons. The molecule has 2 aromatic carbocycles. The molecule has 1 aromatic heterocycles. The normalized spacial score (nSPS) is 10.5. The molecule has 1 N–H and O–H groups in total. The van der Waals surface area contributed by atoms with Crippen LogP contribution in [0.4, 0.5) is 5.69 Å². The minimum atomic E-state index is -0.0983. The Kier molecular flexibility index (Phi) is 4.52. The monoisotopic (exact) mass is 306 g/mol. The van der Waals surface area contributed by atoms with Crippen molar-refractivity contribution in [2.24, 2.45) is 0 Å². The molecule has 3 rings (SSSR count). The molecule has 3 aromatic rings. The molecule has 0 aliphatic carbocycles. The van der Waals surface area contributed by atoms with Crippen LogP contribution in [0, 0.1) is 0 Å². The first-order chi connectivity index (χ1) is 11.3. The zero-order valence-electron chi connectivity index (χ0n) is 13.0. The number of hydrogen-bond acceptors (Lipinski definition) is 3. The van der Waals surface area contributed by atoms with E-state index in [0.717, 1.165) is 23.2 Å². The van der Waals surface area contributed by atoms with Crippen LogP contribution in [-0.2, 0) is 17.6 Å². The molecule has 116 valence electrons. The van der Waals surface area contributed by atoms with Crippen molar-refractivity contribution in [1.29, 1.82) is 0 Å². The van der Waals surface area contributed by atoms with E-state index in [1.807, 2.05) is 54.6 Å². The van der Waals surface area contributed by atoms with E-state index < -0.39 is 0 Å². The summed E-state index contributed by atoms with van der Waals surface area (Å²) in [5, 5.41) is 2.94. The van der Waals surface area contributed by atoms with Gasteiger partial charge in [-0.1, -0.05) is 43.3 Å². The number of carbonyl (C=O) groups excluding carboxylic acids is 1. The van der Waals surface area contributed by atoms with Crippen LogP contribution in [-0.4, -0.2) is 10.9 Å². The van der Waals surface area contributed by atoms with Crippen molar-refractivity contribution in [3.63, 3.8) is 0 Å². The minimum Gasteiger partial charge on any atom is -0.444 e. The summed E-state index contributed by atoms with van der Waals surface area (Å²) in [7, 11) is 0. The number of rotatable bonds is 5. The van der Waals surface area contributed by atoms with Gasteiger partial charge in [-0.2, -0.15) is 0 Å². The second-order valence-corrected chi connectivity index (χ2v) is 5.25. The molecule has 1 amide bonds. The number of benzene rings is 2. The van der Waals surface area contributed by atoms with Crippen molar-refractivity contribution in [2.45, 2.75) is 19.8 Å². The zero-order chi connectivity index (χ0) is 16.1. The molecule has 0 bridgehead atoms. The first-order valence-electron chi connectivity index (χ1n) is 7.64. The molecule has 0 fully saturated rings. The van der Waals surface area contributed by atoms with Gasteiger partial charge in [0.25, 0.3) is 0 Å². The maximum absolute atomic E-state index is 12.2. The summed E-state index contributed by atoms with van der Waals surface area (Å²) in [5.74, 6) is 0.432. The van der Waals surface area contributed by atoms with Crippen molar-refractivity contribution in [3.05, 3.63) is 72.1 Å². The Balaban J connectivity index is 1.68. The largest absolute Gasteiger partial charge is 0.444 e. The molecule has 0 saturated carbocycles. The third-order valence-corrected chi connectivity index (χ3v) is 3.59. The van der Waals surface area contributed by atoms with E-state index in [-0.39, 0.29) is 12.3 Å². The van der Waals surface area contributed by atoms with Crippen LogP contribution in [0.1, 0.15) is 18.2 Å². The quantitative estimate of drug-likeness (QED) is 0.772. The van der Waals surface area contributed by atoms with E-state index in [1.165, 1.54) is 6.26 Å². The van der Waals surface area contributed by atoms with Gasteiger partial charge in [0, 0.05) is 11.3 Å². The van der Waals surface area contributed by atoms with Crippen molar-refractivity contribution < 1.29 is 9.21 Å². The third kappa shape index (κ3) is 3.66. The SMILES string of the molecule is CCc1ccccc1NC(=O)Cc1coc(-c2ccccc2)n1. The van der Waals surface area contributed by atoms with Gasteiger partial charge in [0.15, 0.2) is 0 Å². The lowest BCUT2D eigenvalue weighted by Crippen LogP contribution is -2.15. The lowest BCUT2D eigenvalue weighted by molar-refractivity contribution is -0.115. The maximum Gasteiger partial charge on any atom is 0.230 e. The Labute approximate surface area is 135 Å². The fourth-order valence-electron chi connectivity index (χ4n) is 2.41. The standard InChI is InChI=1S/C19H18N2O2/c1-2-14-8-6-7-11-17(14)21-18(22)12-16-13-23-19(20-16)15-9-4-3-5-10-15/h3-11,13H,2,12H2,1H3,(H,21,22). The van der Waals surface area contributed by atoms with Crippen LogP contribution in [0.2, 0.25) is 0 Å². The van der Waals surface area contributed by atoms with Gasteiger partial charge in [0.2, 0.25) is 11.8 Å². The summed E-state index contributed by atoms with van der Waals surface area (Å²) in [5.41, 5.74) is 3.49. The van der Waals surface area contributed by atoms with E-state index in [1.54, 1.807) is 0 Å². The Morgan fingerprint density at radius 1 is 1.09 bits per heavy atom. The van der Waals surface area contributed by atoms with Crippen molar-refractivity contribution in [2.75, 3.05) is 5.32 Å². The van der Waals surface area contributed by atoms with Gasteiger partial charge in [-0.3, -0.25) is 4.79 Å². The van der Waals surface area contributed by atoms with E-state index in [0.29, 0.717) is 11.6 Å². The number of aromatic nitrogens is 1.